The van der Waals surface area contributed by atoms with Crippen molar-refractivity contribution >= 4 is 38.3 Å². The summed E-state index contributed by atoms with van der Waals surface area (Å²) in [5.74, 6) is 1.99. The molecular formula is C28H33N7O5S. The maximum Gasteiger partial charge on any atom is 0.246 e. The van der Waals surface area contributed by atoms with Gasteiger partial charge in [0.15, 0.2) is 17.3 Å². The molecule has 2 aliphatic heterocycles. The summed E-state index contributed by atoms with van der Waals surface area (Å²) in [6.45, 7) is 2.88. The SMILES string of the molecule is Cn1cc(S(=O)(=O)N2CCC(CNc3ccc4[nH]nc(NC(=O)Cc5ccc6c(c5)OCCCO6)c4c3)CC2)cn1. The van der Waals surface area contributed by atoms with Gasteiger partial charge in [-0.1, -0.05) is 6.07 Å². The standard InChI is InChI=1S/C28H33N7O5S/c1-34-18-22(17-30-34)41(37,38)35-9-7-19(8-10-35)16-29-21-4-5-24-23(15-21)28(33-32-24)31-27(36)14-20-3-6-25-26(13-20)40-12-2-11-39-25/h3-6,13,15,17-19,29H,2,7-12,14,16H2,1H3,(H2,31,32,33,36). The van der Waals surface area contributed by atoms with Crippen molar-refractivity contribution in [1.82, 2.24) is 24.3 Å². The lowest BCUT2D eigenvalue weighted by Gasteiger charge is -2.31. The number of anilines is 2. The van der Waals surface area contributed by atoms with Gasteiger partial charge in [0.2, 0.25) is 15.9 Å². The fraction of sp³-hybridized carbons (Fsp3) is 0.393. The number of piperidine rings is 1. The maximum atomic E-state index is 12.9. The lowest BCUT2D eigenvalue weighted by molar-refractivity contribution is -0.115. The Labute approximate surface area is 238 Å². The number of rotatable bonds is 8. The van der Waals surface area contributed by atoms with E-state index in [9.17, 15) is 13.2 Å². The minimum Gasteiger partial charge on any atom is -0.490 e. The van der Waals surface area contributed by atoms with E-state index in [1.807, 2.05) is 36.4 Å². The number of aryl methyl sites for hydroxylation is 1. The van der Waals surface area contributed by atoms with E-state index in [4.69, 9.17) is 9.47 Å². The van der Waals surface area contributed by atoms with Gasteiger partial charge in [0, 0.05) is 50.4 Å². The summed E-state index contributed by atoms with van der Waals surface area (Å²) in [6, 6.07) is 11.4. The van der Waals surface area contributed by atoms with Gasteiger partial charge in [-0.05, 0) is 54.7 Å². The highest BCUT2D eigenvalue weighted by Crippen LogP contribution is 2.31. The highest BCUT2D eigenvalue weighted by molar-refractivity contribution is 7.89. The molecule has 0 bridgehead atoms. The van der Waals surface area contributed by atoms with Crippen LogP contribution in [0.25, 0.3) is 10.9 Å². The van der Waals surface area contributed by atoms with Gasteiger partial charge in [0.05, 0.1) is 31.3 Å². The number of hydrogen-bond acceptors (Lipinski definition) is 8. The Morgan fingerprint density at radius 1 is 1.10 bits per heavy atom. The van der Waals surface area contributed by atoms with Crippen LogP contribution in [0.4, 0.5) is 11.5 Å². The van der Waals surface area contributed by atoms with Crippen LogP contribution in [-0.4, -0.2) is 71.5 Å². The van der Waals surface area contributed by atoms with Crippen molar-refractivity contribution in [3.05, 3.63) is 54.4 Å². The molecule has 2 aromatic heterocycles. The van der Waals surface area contributed by atoms with Crippen LogP contribution in [0.5, 0.6) is 11.5 Å². The number of nitrogens with one attached hydrogen (secondary N) is 3. The van der Waals surface area contributed by atoms with Crippen molar-refractivity contribution in [1.29, 1.82) is 0 Å². The lowest BCUT2D eigenvalue weighted by Crippen LogP contribution is -2.39. The number of carbonyl (C=O) groups excluding carboxylic acids is 1. The summed E-state index contributed by atoms with van der Waals surface area (Å²) in [5, 5.41) is 18.5. The molecule has 3 N–H and O–H groups in total. The Balaban J connectivity index is 1.04. The zero-order chi connectivity index (χ0) is 28.4. The molecule has 41 heavy (non-hydrogen) atoms. The Kier molecular flexibility index (Phi) is 7.54. The first-order valence-electron chi connectivity index (χ1n) is 13.7. The summed E-state index contributed by atoms with van der Waals surface area (Å²) in [7, 11) is -1.81. The number of benzene rings is 2. The number of H-pyrrole nitrogens is 1. The van der Waals surface area contributed by atoms with Gasteiger partial charge in [-0.3, -0.25) is 14.6 Å². The number of aromatic amines is 1. The molecule has 12 nitrogen and oxygen atoms in total. The second kappa shape index (κ2) is 11.4. The normalized spacial score (nSPS) is 16.4. The minimum absolute atomic E-state index is 0.179. The first kappa shape index (κ1) is 27.1. The van der Waals surface area contributed by atoms with Gasteiger partial charge in [0.1, 0.15) is 4.90 Å². The number of fused-ring (bicyclic) bond motifs is 2. The highest BCUT2D eigenvalue weighted by Gasteiger charge is 2.30. The molecule has 2 aliphatic rings. The van der Waals surface area contributed by atoms with Crippen molar-refractivity contribution in [2.24, 2.45) is 13.0 Å². The van der Waals surface area contributed by atoms with Crippen LogP contribution in [0.2, 0.25) is 0 Å². The zero-order valence-electron chi connectivity index (χ0n) is 22.8. The first-order chi connectivity index (χ1) is 19.8. The lowest BCUT2D eigenvalue weighted by atomic mass is 9.98. The van der Waals surface area contributed by atoms with E-state index in [1.54, 1.807) is 11.4 Å². The van der Waals surface area contributed by atoms with E-state index in [0.29, 0.717) is 49.5 Å². The molecule has 0 atom stereocenters. The fourth-order valence-corrected chi connectivity index (χ4v) is 6.65. The zero-order valence-corrected chi connectivity index (χ0v) is 23.6. The molecule has 0 saturated carbocycles. The number of amides is 1. The van der Waals surface area contributed by atoms with Crippen molar-refractivity contribution in [2.45, 2.75) is 30.6 Å². The molecule has 6 rings (SSSR count). The van der Waals surface area contributed by atoms with E-state index in [-0.39, 0.29) is 17.2 Å². The van der Waals surface area contributed by atoms with Crippen LogP contribution in [-0.2, 0) is 28.3 Å². The quantitative estimate of drug-likeness (QED) is 0.289. The Hall–Kier alpha value is -4.10. The highest BCUT2D eigenvalue weighted by atomic mass is 32.2. The van der Waals surface area contributed by atoms with E-state index in [2.05, 4.69) is 25.9 Å². The van der Waals surface area contributed by atoms with Gasteiger partial charge in [-0.15, -0.1) is 0 Å². The molecule has 0 spiro atoms. The average Bonchev–Trinajstić information content (AvgIpc) is 3.51. The number of hydrogen-bond donors (Lipinski definition) is 3. The van der Waals surface area contributed by atoms with Gasteiger partial charge in [0.25, 0.3) is 0 Å². The fourth-order valence-electron chi connectivity index (χ4n) is 5.20. The van der Waals surface area contributed by atoms with Crippen molar-refractivity contribution in [3.63, 3.8) is 0 Å². The molecule has 1 fully saturated rings. The number of nitrogens with zero attached hydrogens (tertiary/aromatic N) is 4. The number of aromatic nitrogens is 4. The third kappa shape index (κ3) is 6.00. The predicted octanol–water partition coefficient (Wildman–Crippen LogP) is 3.15. The van der Waals surface area contributed by atoms with Crippen LogP contribution in [0.3, 0.4) is 0 Å². The number of ether oxygens (including phenoxy) is 2. The average molecular weight is 580 g/mol. The molecule has 2 aromatic carbocycles. The van der Waals surface area contributed by atoms with Crippen molar-refractivity contribution in [2.75, 3.05) is 43.5 Å². The predicted molar refractivity (Wildman–Crippen MR) is 154 cm³/mol. The topological polar surface area (TPSA) is 143 Å². The molecule has 0 radical (unpaired) electrons. The summed E-state index contributed by atoms with van der Waals surface area (Å²) in [6.07, 6.45) is 5.46. The molecule has 0 aliphatic carbocycles. The van der Waals surface area contributed by atoms with Gasteiger partial charge < -0.3 is 20.1 Å². The molecule has 4 heterocycles. The third-order valence-electron chi connectivity index (χ3n) is 7.48. The first-order valence-corrected chi connectivity index (χ1v) is 15.2. The van der Waals surface area contributed by atoms with Gasteiger partial charge in [-0.2, -0.15) is 14.5 Å². The van der Waals surface area contributed by atoms with Crippen LogP contribution in [0.1, 0.15) is 24.8 Å². The number of carbonyl (C=O) groups is 1. The molecule has 216 valence electrons. The molecular weight excluding hydrogens is 546 g/mol. The molecule has 0 unspecified atom stereocenters. The smallest absolute Gasteiger partial charge is 0.246 e. The molecule has 13 heteroatoms. The second-order valence-corrected chi connectivity index (χ2v) is 12.4. The maximum absolute atomic E-state index is 12.9. The summed E-state index contributed by atoms with van der Waals surface area (Å²) in [4.78, 5) is 13.1. The summed E-state index contributed by atoms with van der Waals surface area (Å²) >= 11 is 0. The van der Waals surface area contributed by atoms with Crippen LogP contribution in [0, 0.1) is 5.92 Å². The van der Waals surface area contributed by atoms with E-state index >= 15 is 0 Å². The second-order valence-electron chi connectivity index (χ2n) is 10.5. The van der Waals surface area contributed by atoms with Crippen LogP contribution in [0.15, 0.2) is 53.7 Å². The Bertz CT molecular complexity index is 1660. The monoisotopic (exact) mass is 579 g/mol. The Morgan fingerprint density at radius 3 is 2.68 bits per heavy atom. The van der Waals surface area contributed by atoms with Gasteiger partial charge >= 0.3 is 0 Å². The van der Waals surface area contributed by atoms with Crippen LogP contribution < -0.4 is 20.1 Å². The largest absolute Gasteiger partial charge is 0.490 e. The van der Waals surface area contributed by atoms with E-state index in [0.717, 1.165) is 48.0 Å². The third-order valence-corrected chi connectivity index (χ3v) is 9.34. The van der Waals surface area contributed by atoms with Crippen molar-refractivity contribution in [3.8, 4) is 11.5 Å². The summed E-state index contributed by atoms with van der Waals surface area (Å²) in [5.41, 5.74) is 2.55. The molecule has 1 amide bonds. The Morgan fingerprint density at radius 2 is 1.90 bits per heavy atom. The van der Waals surface area contributed by atoms with E-state index < -0.39 is 10.0 Å². The number of sulfonamides is 1. The molecule has 4 aromatic rings. The molecule has 1 saturated heterocycles. The van der Waals surface area contributed by atoms with Crippen LogP contribution >= 0.6 is 0 Å². The van der Waals surface area contributed by atoms with Crippen molar-refractivity contribution < 1.29 is 22.7 Å². The summed E-state index contributed by atoms with van der Waals surface area (Å²) < 4.78 is 40.2. The van der Waals surface area contributed by atoms with Gasteiger partial charge in [-0.25, -0.2) is 8.42 Å². The van der Waals surface area contributed by atoms with E-state index in [1.165, 1.54) is 17.1 Å². The minimum atomic E-state index is -3.52.